The van der Waals surface area contributed by atoms with Gasteiger partial charge in [-0.1, -0.05) is 19.4 Å². The van der Waals surface area contributed by atoms with Crippen LogP contribution in [0.4, 0.5) is 0 Å². The second-order valence-electron chi connectivity index (χ2n) is 5.02. The first-order valence-corrected chi connectivity index (χ1v) is 7.08. The van der Waals surface area contributed by atoms with E-state index in [-0.39, 0.29) is 5.75 Å². The van der Waals surface area contributed by atoms with Gasteiger partial charge in [-0.25, -0.2) is 0 Å². The predicted octanol–water partition coefficient (Wildman–Crippen LogP) is 2.15. The Morgan fingerprint density at radius 3 is 2.68 bits per heavy atom. The highest BCUT2D eigenvalue weighted by molar-refractivity contribution is 5.42. The van der Waals surface area contributed by atoms with Crippen molar-refractivity contribution in [3.05, 3.63) is 23.8 Å². The molecule has 4 nitrogen and oxygen atoms in total. The van der Waals surface area contributed by atoms with E-state index in [1.165, 1.54) is 5.56 Å². The Morgan fingerprint density at radius 2 is 2.11 bits per heavy atom. The summed E-state index contributed by atoms with van der Waals surface area (Å²) in [4.78, 5) is 2.50. The summed E-state index contributed by atoms with van der Waals surface area (Å²) in [5.41, 5.74) is 1.18. The topological polar surface area (TPSA) is 44.7 Å². The molecule has 1 heterocycles. The highest BCUT2D eigenvalue weighted by Gasteiger charge is 2.22. The van der Waals surface area contributed by atoms with Crippen LogP contribution < -0.4 is 10.1 Å². The fourth-order valence-corrected chi connectivity index (χ4v) is 2.74. The predicted molar refractivity (Wildman–Crippen MR) is 76.8 cm³/mol. The van der Waals surface area contributed by atoms with Crippen molar-refractivity contribution in [3.8, 4) is 11.5 Å². The van der Waals surface area contributed by atoms with Crippen molar-refractivity contribution in [3.63, 3.8) is 0 Å². The molecule has 0 radical (unpaired) electrons. The second kappa shape index (κ2) is 6.78. The first-order chi connectivity index (χ1) is 9.26. The number of ether oxygens (including phenoxy) is 1. The number of hydrogen-bond acceptors (Lipinski definition) is 4. The zero-order valence-electron chi connectivity index (χ0n) is 11.9. The molecule has 1 aromatic rings. The van der Waals surface area contributed by atoms with Gasteiger partial charge in [0.2, 0.25) is 0 Å². The van der Waals surface area contributed by atoms with E-state index in [4.69, 9.17) is 4.74 Å². The van der Waals surface area contributed by atoms with Gasteiger partial charge in [0.1, 0.15) is 0 Å². The van der Waals surface area contributed by atoms with Crippen molar-refractivity contribution in [1.29, 1.82) is 0 Å². The van der Waals surface area contributed by atoms with E-state index in [9.17, 15) is 5.11 Å². The molecule has 0 amide bonds. The van der Waals surface area contributed by atoms with E-state index >= 15 is 0 Å². The normalized spacial score (nSPS) is 18.2. The Labute approximate surface area is 115 Å². The Morgan fingerprint density at radius 1 is 1.37 bits per heavy atom. The average Bonchev–Trinajstić information content (AvgIpc) is 2.45. The van der Waals surface area contributed by atoms with Gasteiger partial charge in [-0.15, -0.1) is 0 Å². The molecule has 0 spiro atoms. The number of piperazine rings is 1. The van der Waals surface area contributed by atoms with Gasteiger partial charge < -0.3 is 15.2 Å². The molecular formula is C15H24N2O2. The maximum Gasteiger partial charge on any atom is 0.160 e. The van der Waals surface area contributed by atoms with E-state index in [1.54, 1.807) is 7.11 Å². The molecule has 0 aliphatic carbocycles. The molecular weight excluding hydrogens is 240 g/mol. The van der Waals surface area contributed by atoms with E-state index in [1.807, 2.05) is 12.1 Å². The van der Waals surface area contributed by atoms with Gasteiger partial charge in [0.15, 0.2) is 11.5 Å². The van der Waals surface area contributed by atoms with Crippen LogP contribution in [0.3, 0.4) is 0 Å². The highest BCUT2D eigenvalue weighted by Crippen LogP contribution is 2.33. The number of methoxy groups -OCH3 is 1. The van der Waals surface area contributed by atoms with Crippen molar-refractivity contribution in [2.24, 2.45) is 0 Å². The average molecular weight is 264 g/mol. The summed E-state index contributed by atoms with van der Waals surface area (Å²) in [6.07, 6.45) is 2.26. The zero-order valence-corrected chi connectivity index (χ0v) is 11.9. The number of hydrogen-bond donors (Lipinski definition) is 2. The standard InChI is InChI=1S/C15H24N2O2/c1-3-4-13(17-9-7-16-8-10-17)12-5-6-15(19-2)14(18)11-12/h5-6,11,13,16,18H,3-4,7-10H2,1-2H3/t13-/m0/s1. The van der Waals surface area contributed by atoms with Crippen LogP contribution in [0.25, 0.3) is 0 Å². The number of rotatable bonds is 5. The summed E-state index contributed by atoms with van der Waals surface area (Å²) >= 11 is 0. The van der Waals surface area contributed by atoms with Crippen LogP contribution in [0.5, 0.6) is 11.5 Å². The van der Waals surface area contributed by atoms with Crippen LogP contribution in [-0.2, 0) is 0 Å². The Kier molecular flexibility index (Phi) is 5.05. The summed E-state index contributed by atoms with van der Waals surface area (Å²) in [6, 6.07) is 6.17. The molecule has 1 aromatic carbocycles. The third-order valence-corrected chi connectivity index (χ3v) is 3.74. The van der Waals surface area contributed by atoms with Gasteiger partial charge in [-0.3, -0.25) is 4.90 Å². The van der Waals surface area contributed by atoms with Gasteiger partial charge >= 0.3 is 0 Å². The fraction of sp³-hybridized carbons (Fsp3) is 0.600. The molecule has 1 aliphatic rings. The van der Waals surface area contributed by atoms with Crippen LogP contribution in [0, 0.1) is 0 Å². The number of nitrogens with zero attached hydrogens (tertiary/aromatic N) is 1. The molecule has 1 saturated heterocycles. The van der Waals surface area contributed by atoms with Crippen LogP contribution >= 0.6 is 0 Å². The minimum Gasteiger partial charge on any atom is -0.504 e. The molecule has 2 N–H and O–H groups in total. The molecule has 2 rings (SSSR count). The SMILES string of the molecule is CCC[C@@H](c1ccc(OC)c(O)c1)N1CCNCC1. The largest absolute Gasteiger partial charge is 0.504 e. The second-order valence-corrected chi connectivity index (χ2v) is 5.02. The number of phenols is 1. The lowest BCUT2D eigenvalue weighted by Gasteiger charge is -2.35. The van der Waals surface area contributed by atoms with Gasteiger partial charge in [0.25, 0.3) is 0 Å². The highest BCUT2D eigenvalue weighted by atomic mass is 16.5. The maximum atomic E-state index is 9.95. The van der Waals surface area contributed by atoms with Crippen molar-refractivity contribution >= 4 is 0 Å². The Hall–Kier alpha value is -1.26. The van der Waals surface area contributed by atoms with Crippen LogP contribution in [0.1, 0.15) is 31.4 Å². The van der Waals surface area contributed by atoms with Crippen LogP contribution in [0.2, 0.25) is 0 Å². The van der Waals surface area contributed by atoms with Gasteiger partial charge in [0.05, 0.1) is 7.11 Å². The van der Waals surface area contributed by atoms with Crippen molar-refractivity contribution < 1.29 is 9.84 Å². The molecule has 0 unspecified atom stereocenters. The molecule has 1 aliphatic heterocycles. The Balaban J connectivity index is 2.19. The third kappa shape index (κ3) is 3.39. The number of phenolic OH excluding ortho intramolecular Hbond substituents is 1. The van der Waals surface area contributed by atoms with E-state index in [0.717, 1.165) is 39.0 Å². The van der Waals surface area contributed by atoms with Gasteiger partial charge in [0, 0.05) is 32.2 Å². The number of benzene rings is 1. The fourth-order valence-electron chi connectivity index (χ4n) is 2.74. The molecule has 0 aromatic heterocycles. The quantitative estimate of drug-likeness (QED) is 0.855. The van der Waals surface area contributed by atoms with Gasteiger partial charge in [-0.05, 0) is 24.1 Å². The van der Waals surface area contributed by atoms with E-state index in [2.05, 4.69) is 23.2 Å². The molecule has 1 atom stereocenters. The van der Waals surface area contributed by atoms with E-state index < -0.39 is 0 Å². The summed E-state index contributed by atoms with van der Waals surface area (Å²) in [5, 5.41) is 13.3. The summed E-state index contributed by atoms with van der Waals surface area (Å²) in [6.45, 7) is 6.43. The summed E-state index contributed by atoms with van der Waals surface area (Å²) < 4.78 is 5.11. The lowest BCUT2D eigenvalue weighted by Crippen LogP contribution is -2.45. The molecule has 1 fully saturated rings. The van der Waals surface area contributed by atoms with Crippen molar-refractivity contribution in [2.75, 3.05) is 33.3 Å². The number of nitrogens with one attached hydrogen (secondary N) is 1. The zero-order chi connectivity index (χ0) is 13.7. The first kappa shape index (κ1) is 14.2. The van der Waals surface area contributed by atoms with Crippen LogP contribution in [0.15, 0.2) is 18.2 Å². The third-order valence-electron chi connectivity index (χ3n) is 3.74. The molecule has 0 bridgehead atoms. The van der Waals surface area contributed by atoms with Gasteiger partial charge in [-0.2, -0.15) is 0 Å². The summed E-state index contributed by atoms with van der Waals surface area (Å²) in [5.74, 6) is 0.774. The monoisotopic (exact) mass is 264 g/mol. The molecule has 106 valence electrons. The minimum atomic E-state index is 0.233. The Bertz CT molecular complexity index is 403. The lowest BCUT2D eigenvalue weighted by molar-refractivity contribution is 0.164. The summed E-state index contributed by atoms with van der Waals surface area (Å²) in [7, 11) is 1.58. The van der Waals surface area contributed by atoms with Crippen LogP contribution in [-0.4, -0.2) is 43.3 Å². The molecule has 4 heteroatoms. The minimum absolute atomic E-state index is 0.233. The first-order valence-electron chi connectivity index (χ1n) is 7.08. The molecule has 19 heavy (non-hydrogen) atoms. The maximum absolute atomic E-state index is 9.95. The van der Waals surface area contributed by atoms with Crippen molar-refractivity contribution in [1.82, 2.24) is 10.2 Å². The molecule has 0 saturated carbocycles. The number of aromatic hydroxyl groups is 1. The van der Waals surface area contributed by atoms with Crippen molar-refractivity contribution in [2.45, 2.75) is 25.8 Å². The lowest BCUT2D eigenvalue weighted by atomic mass is 9.99. The van der Waals surface area contributed by atoms with E-state index in [0.29, 0.717) is 11.8 Å². The smallest absolute Gasteiger partial charge is 0.160 e.